The Hall–Kier alpha value is -1.33. The molecular weight excluding hydrogens is 362 g/mol. The minimum Gasteiger partial charge on any atom is -0.507 e. The average Bonchev–Trinajstić information content (AvgIpc) is 2.71. The first-order chi connectivity index (χ1) is 8.65. The van der Waals surface area contributed by atoms with Gasteiger partial charge in [0, 0.05) is 8.95 Å². The van der Waals surface area contributed by atoms with Crippen LogP contribution in [0.5, 0.6) is 5.75 Å². The summed E-state index contributed by atoms with van der Waals surface area (Å²) in [7, 11) is 0. The fraction of sp³-hybridized carbons (Fsp3) is 0. The first kappa shape index (κ1) is 11.7. The molecule has 5 heteroatoms. The van der Waals surface area contributed by atoms with Gasteiger partial charge in [0.15, 0.2) is 5.58 Å². The van der Waals surface area contributed by atoms with Gasteiger partial charge in [-0.05, 0) is 46.3 Å². The second kappa shape index (κ2) is 4.40. The number of benzene rings is 2. The van der Waals surface area contributed by atoms with Crippen LogP contribution in [0.15, 0.2) is 49.8 Å². The third-order valence-electron chi connectivity index (χ3n) is 2.56. The van der Waals surface area contributed by atoms with Crippen molar-refractivity contribution >= 4 is 43.0 Å². The van der Waals surface area contributed by atoms with Gasteiger partial charge in [0.05, 0.1) is 5.56 Å². The van der Waals surface area contributed by atoms with Gasteiger partial charge < -0.3 is 9.52 Å². The van der Waals surface area contributed by atoms with Gasteiger partial charge in [-0.3, -0.25) is 0 Å². The molecule has 3 nitrogen and oxygen atoms in total. The van der Waals surface area contributed by atoms with E-state index in [0.29, 0.717) is 17.0 Å². The van der Waals surface area contributed by atoms with Gasteiger partial charge in [0.1, 0.15) is 11.3 Å². The number of hydrogen-bond acceptors (Lipinski definition) is 3. The number of oxazole rings is 1. The van der Waals surface area contributed by atoms with Gasteiger partial charge in [-0.25, -0.2) is 4.98 Å². The van der Waals surface area contributed by atoms with Crippen LogP contribution in [0.2, 0.25) is 0 Å². The Morgan fingerprint density at radius 3 is 2.72 bits per heavy atom. The van der Waals surface area contributed by atoms with Crippen LogP contribution in [0.25, 0.3) is 22.6 Å². The van der Waals surface area contributed by atoms with Crippen LogP contribution in [0.1, 0.15) is 0 Å². The summed E-state index contributed by atoms with van der Waals surface area (Å²) in [4.78, 5) is 4.38. The van der Waals surface area contributed by atoms with Crippen LogP contribution in [0, 0.1) is 0 Å². The van der Waals surface area contributed by atoms with E-state index in [9.17, 15) is 5.11 Å². The van der Waals surface area contributed by atoms with Crippen molar-refractivity contribution < 1.29 is 9.52 Å². The summed E-state index contributed by atoms with van der Waals surface area (Å²) in [6, 6.07) is 10.8. The van der Waals surface area contributed by atoms with Gasteiger partial charge in [-0.2, -0.15) is 0 Å². The van der Waals surface area contributed by atoms with E-state index in [1.165, 1.54) is 0 Å². The highest BCUT2D eigenvalue weighted by atomic mass is 79.9. The molecule has 1 aromatic heterocycles. The van der Waals surface area contributed by atoms with Gasteiger partial charge in [0.2, 0.25) is 5.89 Å². The summed E-state index contributed by atoms with van der Waals surface area (Å²) in [5.41, 5.74) is 1.99. The van der Waals surface area contributed by atoms with E-state index in [1.807, 2.05) is 24.3 Å². The summed E-state index contributed by atoms with van der Waals surface area (Å²) < 4.78 is 7.33. The van der Waals surface area contributed by atoms with Gasteiger partial charge in [0.25, 0.3) is 0 Å². The molecule has 0 bridgehead atoms. The van der Waals surface area contributed by atoms with Crippen LogP contribution in [0.3, 0.4) is 0 Å². The zero-order chi connectivity index (χ0) is 12.7. The predicted octanol–water partition coefficient (Wildman–Crippen LogP) is 4.73. The largest absolute Gasteiger partial charge is 0.507 e. The Labute approximate surface area is 120 Å². The van der Waals surface area contributed by atoms with Crippen molar-refractivity contribution in [1.82, 2.24) is 4.98 Å². The Morgan fingerprint density at radius 2 is 1.94 bits per heavy atom. The van der Waals surface area contributed by atoms with Crippen molar-refractivity contribution in [2.75, 3.05) is 0 Å². The van der Waals surface area contributed by atoms with E-state index in [2.05, 4.69) is 36.8 Å². The maximum atomic E-state index is 9.89. The number of fused-ring (bicyclic) bond motifs is 1. The lowest BCUT2D eigenvalue weighted by atomic mass is 10.2. The summed E-state index contributed by atoms with van der Waals surface area (Å²) in [6.45, 7) is 0. The van der Waals surface area contributed by atoms with E-state index >= 15 is 0 Å². The number of aromatic hydroxyl groups is 1. The molecule has 0 unspecified atom stereocenters. The minimum atomic E-state index is 0.134. The monoisotopic (exact) mass is 367 g/mol. The highest BCUT2D eigenvalue weighted by Gasteiger charge is 2.15. The first-order valence-electron chi connectivity index (χ1n) is 5.19. The zero-order valence-electron chi connectivity index (χ0n) is 9.02. The molecule has 0 aliphatic carbocycles. The number of nitrogens with zero attached hydrogens (tertiary/aromatic N) is 1. The molecule has 0 fully saturated rings. The second-order valence-corrected chi connectivity index (χ2v) is 5.54. The Balaban J connectivity index is 2.26. The number of halogens is 2. The molecule has 0 spiro atoms. The van der Waals surface area contributed by atoms with Gasteiger partial charge in [-0.1, -0.05) is 22.0 Å². The van der Waals surface area contributed by atoms with Gasteiger partial charge in [-0.15, -0.1) is 0 Å². The SMILES string of the molecule is Oc1cccc(Br)c1-c1nc2cc(Br)ccc2o1. The molecule has 0 aliphatic rings. The number of phenolic OH excluding ortho intramolecular Hbond substituents is 1. The normalized spacial score (nSPS) is 11.0. The summed E-state index contributed by atoms with van der Waals surface area (Å²) in [5, 5.41) is 9.89. The van der Waals surface area contributed by atoms with Crippen LogP contribution in [-0.4, -0.2) is 10.1 Å². The second-order valence-electron chi connectivity index (χ2n) is 3.77. The number of aromatic nitrogens is 1. The first-order valence-corrected chi connectivity index (χ1v) is 6.78. The van der Waals surface area contributed by atoms with E-state index in [1.54, 1.807) is 12.1 Å². The quantitative estimate of drug-likeness (QED) is 0.675. The van der Waals surface area contributed by atoms with Crippen molar-refractivity contribution in [2.24, 2.45) is 0 Å². The van der Waals surface area contributed by atoms with Crippen molar-refractivity contribution in [2.45, 2.75) is 0 Å². The van der Waals surface area contributed by atoms with Crippen molar-refractivity contribution in [1.29, 1.82) is 0 Å². The van der Waals surface area contributed by atoms with E-state index in [4.69, 9.17) is 4.42 Å². The third-order valence-corrected chi connectivity index (χ3v) is 3.71. The lowest BCUT2D eigenvalue weighted by Crippen LogP contribution is -1.80. The standard InChI is InChI=1S/C13H7Br2NO2/c14-7-4-5-11-9(6-7)16-13(18-11)12-8(15)2-1-3-10(12)17/h1-6,17H. The highest BCUT2D eigenvalue weighted by molar-refractivity contribution is 9.10. The number of phenols is 1. The molecule has 2 aromatic carbocycles. The molecule has 1 heterocycles. The molecule has 3 rings (SSSR count). The third kappa shape index (κ3) is 1.93. The maximum Gasteiger partial charge on any atom is 0.232 e. The zero-order valence-corrected chi connectivity index (χ0v) is 12.2. The van der Waals surface area contributed by atoms with Crippen molar-refractivity contribution in [3.05, 3.63) is 45.3 Å². The highest BCUT2D eigenvalue weighted by Crippen LogP contribution is 2.37. The summed E-state index contributed by atoms with van der Waals surface area (Å²) in [6.07, 6.45) is 0. The number of rotatable bonds is 1. The van der Waals surface area contributed by atoms with Crippen molar-refractivity contribution in [3.8, 4) is 17.2 Å². The molecule has 90 valence electrons. The molecule has 0 atom stereocenters. The summed E-state index contributed by atoms with van der Waals surface area (Å²) >= 11 is 6.77. The molecule has 0 saturated carbocycles. The lowest BCUT2D eigenvalue weighted by Gasteiger charge is -2.01. The Kier molecular flexibility index (Phi) is 2.87. The lowest BCUT2D eigenvalue weighted by molar-refractivity contribution is 0.473. The van der Waals surface area contributed by atoms with Crippen molar-refractivity contribution in [3.63, 3.8) is 0 Å². The van der Waals surface area contributed by atoms with Crippen LogP contribution in [-0.2, 0) is 0 Å². The topological polar surface area (TPSA) is 46.3 Å². The molecular formula is C13H7Br2NO2. The predicted molar refractivity (Wildman–Crippen MR) is 76.5 cm³/mol. The molecule has 0 radical (unpaired) electrons. The molecule has 0 saturated heterocycles. The molecule has 18 heavy (non-hydrogen) atoms. The fourth-order valence-corrected chi connectivity index (χ4v) is 2.61. The van der Waals surface area contributed by atoms with Crippen LogP contribution >= 0.6 is 31.9 Å². The molecule has 3 aromatic rings. The van der Waals surface area contributed by atoms with Crippen LogP contribution in [0.4, 0.5) is 0 Å². The molecule has 1 N–H and O–H groups in total. The Morgan fingerprint density at radius 1 is 1.11 bits per heavy atom. The van der Waals surface area contributed by atoms with E-state index < -0.39 is 0 Å². The fourth-order valence-electron chi connectivity index (χ4n) is 1.73. The number of hydrogen-bond donors (Lipinski definition) is 1. The average molecular weight is 369 g/mol. The molecule has 0 aliphatic heterocycles. The van der Waals surface area contributed by atoms with E-state index in [0.717, 1.165) is 14.5 Å². The smallest absolute Gasteiger partial charge is 0.232 e. The molecule has 0 amide bonds. The van der Waals surface area contributed by atoms with Crippen LogP contribution < -0.4 is 0 Å². The maximum absolute atomic E-state index is 9.89. The minimum absolute atomic E-state index is 0.134. The Bertz CT molecular complexity index is 717. The van der Waals surface area contributed by atoms with E-state index in [-0.39, 0.29) is 5.75 Å². The summed E-state index contributed by atoms with van der Waals surface area (Å²) in [5.74, 6) is 0.531. The van der Waals surface area contributed by atoms with Gasteiger partial charge >= 0.3 is 0 Å².